The zero-order valence-electron chi connectivity index (χ0n) is 17.9. The van der Waals surface area contributed by atoms with E-state index in [-0.39, 0.29) is 5.41 Å². The molecular weight excluding hydrogens is 388 g/mol. The van der Waals surface area contributed by atoms with E-state index in [1.807, 2.05) is 0 Å². The summed E-state index contributed by atoms with van der Waals surface area (Å²) in [5, 5.41) is 7.00. The summed E-state index contributed by atoms with van der Waals surface area (Å²) in [6.45, 7) is 15.0. The first-order valence-corrected chi connectivity index (χ1v) is 11.0. The van der Waals surface area contributed by atoms with E-state index in [4.69, 9.17) is 5.11 Å². The van der Waals surface area contributed by atoms with Crippen LogP contribution in [-0.4, -0.2) is 18.5 Å². The Bertz CT molecular complexity index is 467. The predicted molar refractivity (Wildman–Crippen MR) is 118 cm³/mol. The molecule has 0 radical (unpaired) electrons. The first-order chi connectivity index (χ1) is 12.2. The second-order valence-electron chi connectivity index (χ2n) is 8.70. The number of halogens is 1. The van der Waals surface area contributed by atoms with Gasteiger partial charge in [0.1, 0.15) is 6.29 Å². The molecule has 0 aliphatic heterocycles. The van der Waals surface area contributed by atoms with Crippen LogP contribution in [0.15, 0.2) is 22.7 Å². The Hall–Kier alpha value is -0.410. The van der Waals surface area contributed by atoms with Gasteiger partial charge in [0.05, 0.1) is 0 Å². The van der Waals surface area contributed by atoms with Crippen molar-refractivity contribution in [3.8, 4) is 0 Å². The van der Waals surface area contributed by atoms with Crippen molar-refractivity contribution in [1.82, 2.24) is 0 Å². The van der Waals surface area contributed by atoms with E-state index in [0.717, 1.165) is 31.7 Å². The Kier molecular flexibility index (Phi) is 11.9. The molecular formula is C23H41BrO2. The van der Waals surface area contributed by atoms with Crippen molar-refractivity contribution < 1.29 is 9.90 Å². The molecule has 3 unspecified atom stereocenters. The summed E-state index contributed by atoms with van der Waals surface area (Å²) in [5.74, 6) is 1.82. The second-order valence-corrected chi connectivity index (χ2v) is 9.16. The van der Waals surface area contributed by atoms with Crippen molar-refractivity contribution in [3.05, 3.63) is 22.7 Å². The summed E-state index contributed by atoms with van der Waals surface area (Å²) in [6.07, 6.45) is 11.3. The van der Waals surface area contributed by atoms with Crippen molar-refractivity contribution in [3.63, 3.8) is 0 Å². The summed E-state index contributed by atoms with van der Waals surface area (Å²) in [5.41, 5.74) is 3.01. The van der Waals surface area contributed by atoms with E-state index in [0.29, 0.717) is 11.0 Å². The number of fused-ring (bicyclic) bond motifs is 1. The van der Waals surface area contributed by atoms with Crippen LogP contribution in [0.1, 0.15) is 86.0 Å². The number of hydrogen-bond acceptors (Lipinski definition) is 2. The maximum atomic E-state index is 10.4. The van der Waals surface area contributed by atoms with Crippen molar-refractivity contribution in [2.45, 2.75) is 86.0 Å². The number of carbonyl (C=O) groups excluding carboxylic acids is 1. The van der Waals surface area contributed by atoms with Crippen LogP contribution in [-0.2, 0) is 4.79 Å². The molecule has 2 saturated carbocycles. The molecule has 0 aromatic carbocycles. The fourth-order valence-electron chi connectivity index (χ4n) is 4.37. The van der Waals surface area contributed by atoms with Crippen LogP contribution in [0, 0.1) is 22.7 Å². The Balaban J connectivity index is 0.000000446. The maximum absolute atomic E-state index is 10.4. The van der Waals surface area contributed by atoms with Gasteiger partial charge in [0.25, 0.3) is 0 Å². The molecule has 2 aliphatic carbocycles. The largest absolute Gasteiger partial charge is 0.400 e. The van der Waals surface area contributed by atoms with Gasteiger partial charge in [-0.1, -0.05) is 75.5 Å². The molecule has 26 heavy (non-hydrogen) atoms. The first kappa shape index (κ1) is 25.6. The Morgan fingerprint density at radius 2 is 2.00 bits per heavy atom. The van der Waals surface area contributed by atoms with Gasteiger partial charge in [-0.15, -0.1) is 0 Å². The highest BCUT2D eigenvalue weighted by atomic mass is 79.9. The molecule has 0 aromatic rings. The maximum Gasteiger partial charge on any atom is 0.145 e. The lowest BCUT2D eigenvalue weighted by Gasteiger charge is -2.41. The SMILES string of the molecule is C=C(C=O)C(C)(C)CCCC.CC1CCC2/C(=C/Br)CCCC12C.CO. The quantitative estimate of drug-likeness (QED) is 0.375. The van der Waals surface area contributed by atoms with Gasteiger partial charge in [0.2, 0.25) is 0 Å². The Labute approximate surface area is 170 Å². The van der Waals surface area contributed by atoms with Crippen LogP contribution in [0.25, 0.3) is 0 Å². The van der Waals surface area contributed by atoms with Crippen LogP contribution in [0.5, 0.6) is 0 Å². The Morgan fingerprint density at radius 3 is 2.50 bits per heavy atom. The lowest BCUT2D eigenvalue weighted by molar-refractivity contribution is -0.105. The number of aliphatic hydroxyl groups excluding tert-OH is 1. The molecule has 0 amide bonds. The smallest absolute Gasteiger partial charge is 0.145 e. The summed E-state index contributed by atoms with van der Waals surface area (Å²) >= 11 is 3.53. The third kappa shape index (κ3) is 6.64. The minimum Gasteiger partial charge on any atom is -0.400 e. The summed E-state index contributed by atoms with van der Waals surface area (Å²) in [4.78, 5) is 12.6. The minimum absolute atomic E-state index is 0.00222. The van der Waals surface area contributed by atoms with Gasteiger partial charge in [0.15, 0.2) is 0 Å². The molecule has 0 spiro atoms. The van der Waals surface area contributed by atoms with Crippen LogP contribution in [0.2, 0.25) is 0 Å². The molecule has 152 valence electrons. The highest BCUT2D eigenvalue weighted by Gasteiger charge is 2.46. The van der Waals surface area contributed by atoms with E-state index in [2.05, 4.69) is 62.1 Å². The highest BCUT2D eigenvalue weighted by molar-refractivity contribution is 9.11. The van der Waals surface area contributed by atoms with E-state index < -0.39 is 0 Å². The number of unbranched alkanes of at least 4 members (excludes halogenated alkanes) is 1. The van der Waals surface area contributed by atoms with E-state index in [9.17, 15) is 4.79 Å². The molecule has 2 fully saturated rings. The molecule has 0 aromatic heterocycles. The van der Waals surface area contributed by atoms with Gasteiger partial charge >= 0.3 is 0 Å². The van der Waals surface area contributed by atoms with Gasteiger partial charge in [-0.3, -0.25) is 4.79 Å². The van der Waals surface area contributed by atoms with Crippen LogP contribution < -0.4 is 0 Å². The van der Waals surface area contributed by atoms with Gasteiger partial charge < -0.3 is 5.11 Å². The molecule has 0 saturated heterocycles. The Morgan fingerprint density at radius 1 is 1.38 bits per heavy atom. The van der Waals surface area contributed by atoms with Crippen molar-refractivity contribution in [2.75, 3.05) is 7.11 Å². The highest BCUT2D eigenvalue weighted by Crippen LogP contribution is 2.57. The summed E-state index contributed by atoms with van der Waals surface area (Å²) in [6, 6.07) is 0. The lowest BCUT2D eigenvalue weighted by Crippen LogP contribution is -2.31. The molecule has 2 aliphatic rings. The normalized spacial score (nSPS) is 29.0. The number of hydrogen-bond donors (Lipinski definition) is 1. The van der Waals surface area contributed by atoms with E-state index in [1.165, 1.54) is 44.9 Å². The number of aldehydes is 1. The number of allylic oxidation sites excluding steroid dienone is 2. The average Bonchev–Trinajstić information content (AvgIpc) is 2.96. The second kappa shape index (κ2) is 12.1. The summed E-state index contributed by atoms with van der Waals surface area (Å²) in [7, 11) is 1.00. The van der Waals surface area contributed by atoms with Crippen LogP contribution >= 0.6 is 15.9 Å². The monoisotopic (exact) mass is 428 g/mol. The van der Waals surface area contributed by atoms with E-state index >= 15 is 0 Å². The molecule has 2 rings (SSSR count). The van der Waals surface area contributed by atoms with Crippen LogP contribution in [0.3, 0.4) is 0 Å². The average molecular weight is 429 g/mol. The number of aliphatic hydroxyl groups is 1. The fourth-order valence-corrected chi connectivity index (χ4v) is 4.91. The molecule has 0 heterocycles. The van der Waals surface area contributed by atoms with Crippen LogP contribution in [0.4, 0.5) is 0 Å². The molecule has 2 nitrogen and oxygen atoms in total. The predicted octanol–water partition coefficient (Wildman–Crippen LogP) is 7.07. The minimum atomic E-state index is -0.00222. The van der Waals surface area contributed by atoms with Gasteiger partial charge in [-0.2, -0.15) is 0 Å². The molecule has 0 bridgehead atoms. The third-order valence-electron chi connectivity index (χ3n) is 6.75. The molecule has 3 atom stereocenters. The first-order valence-electron chi connectivity index (χ1n) is 10.1. The number of carbonyl (C=O) groups is 1. The zero-order valence-corrected chi connectivity index (χ0v) is 19.5. The fraction of sp³-hybridized carbons (Fsp3) is 0.783. The molecule has 1 N–H and O–H groups in total. The zero-order chi connectivity index (χ0) is 20.4. The molecule has 3 heteroatoms. The summed E-state index contributed by atoms with van der Waals surface area (Å²) < 4.78 is 0. The third-order valence-corrected chi connectivity index (χ3v) is 7.33. The lowest BCUT2D eigenvalue weighted by atomic mass is 9.64. The van der Waals surface area contributed by atoms with Gasteiger partial charge in [-0.05, 0) is 71.7 Å². The van der Waals surface area contributed by atoms with Crippen molar-refractivity contribution in [1.29, 1.82) is 0 Å². The van der Waals surface area contributed by atoms with Gasteiger partial charge in [0, 0.05) is 7.11 Å². The topological polar surface area (TPSA) is 37.3 Å². The number of rotatable bonds is 5. The van der Waals surface area contributed by atoms with Crippen molar-refractivity contribution in [2.24, 2.45) is 22.7 Å². The van der Waals surface area contributed by atoms with Crippen molar-refractivity contribution >= 4 is 22.2 Å². The van der Waals surface area contributed by atoms with E-state index in [1.54, 1.807) is 5.57 Å². The standard InChI is InChI=1S/C12H19Br.C10H18O.CH4O/c1-9-5-6-11-10(8-13)4-3-7-12(9,11)2;1-5-6-7-10(3,4)9(2)8-11;1-2/h8-9,11H,3-7H2,1-2H3;8H,2,5-7H2,1,3-4H3;2H,1H3/b10-8+;;. The van der Waals surface area contributed by atoms with Gasteiger partial charge in [-0.25, -0.2) is 0 Å².